The first-order valence-corrected chi connectivity index (χ1v) is 9.81. The van der Waals surface area contributed by atoms with Crippen molar-refractivity contribution >= 4 is 28.4 Å². The number of para-hydroxylation sites is 1. The van der Waals surface area contributed by atoms with Gasteiger partial charge in [-0.3, -0.25) is 9.69 Å². The number of fused-ring (bicyclic) bond motifs is 1. The van der Waals surface area contributed by atoms with Crippen LogP contribution in [0.3, 0.4) is 0 Å². The summed E-state index contributed by atoms with van der Waals surface area (Å²) in [7, 11) is 3.79. The maximum atomic E-state index is 13.1. The SMILES string of the molecule is COc1ccccc1C1CN(C(=O)Cc2c[nH]c3ccc(Cl)cc23)CCN1C. The van der Waals surface area contributed by atoms with E-state index in [1.807, 2.05) is 47.5 Å². The summed E-state index contributed by atoms with van der Waals surface area (Å²) in [6, 6.07) is 13.9. The molecule has 1 saturated heterocycles. The normalized spacial score (nSPS) is 17.8. The zero-order valence-corrected chi connectivity index (χ0v) is 16.9. The second kappa shape index (κ2) is 7.86. The standard InChI is InChI=1S/C22H24ClN3O2/c1-25-9-10-26(14-20(25)17-5-3-4-6-21(17)28-2)22(27)11-15-13-24-19-8-7-16(23)12-18(15)19/h3-8,12-13,20,24H,9-11,14H2,1-2H3. The summed E-state index contributed by atoms with van der Waals surface area (Å²) < 4.78 is 5.54. The van der Waals surface area contributed by atoms with Crippen molar-refractivity contribution in [1.29, 1.82) is 0 Å². The molecular formula is C22H24ClN3O2. The van der Waals surface area contributed by atoms with Crippen molar-refractivity contribution in [3.63, 3.8) is 0 Å². The fourth-order valence-corrected chi connectivity index (χ4v) is 4.12. The number of piperazine rings is 1. The lowest BCUT2D eigenvalue weighted by Crippen LogP contribution is -2.49. The van der Waals surface area contributed by atoms with Gasteiger partial charge in [-0.2, -0.15) is 0 Å². The highest BCUT2D eigenvalue weighted by molar-refractivity contribution is 6.31. The number of nitrogens with zero attached hydrogens (tertiary/aromatic N) is 2. The molecule has 1 aliphatic rings. The molecule has 4 rings (SSSR count). The van der Waals surface area contributed by atoms with Gasteiger partial charge in [0.05, 0.1) is 19.6 Å². The maximum Gasteiger partial charge on any atom is 0.227 e. The number of hydrogen-bond acceptors (Lipinski definition) is 3. The number of carbonyl (C=O) groups is 1. The fraction of sp³-hybridized carbons (Fsp3) is 0.318. The van der Waals surface area contributed by atoms with Gasteiger partial charge in [0.2, 0.25) is 5.91 Å². The molecule has 1 aliphatic heterocycles. The number of rotatable bonds is 4. The summed E-state index contributed by atoms with van der Waals surface area (Å²) in [4.78, 5) is 20.5. The van der Waals surface area contributed by atoms with Crippen LogP contribution >= 0.6 is 11.6 Å². The Morgan fingerprint density at radius 3 is 2.89 bits per heavy atom. The number of benzene rings is 2. The number of ether oxygens (including phenoxy) is 1. The molecule has 2 heterocycles. The van der Waals surface area contributed by atoms with Crippen molar-refractivity contribution in [1.82, 2.24) is 14.8 Å². The molecule has 146 valence electrons. The molecule has 0 spiro atoms. The number of hydrogen-bond donors (Lipinski definition) is 1. The van der Waals surface area contributed by atoms with Crippen LogP contribution in [0.5, 0.6) is 5.75 Å². The van der Waals surface area contributed by atoms with Crippen LogP contribution in [0.15, 0.2) is 48.7 Å². The van der Waals surface area contributed by atoms with Crippen LogP contribution in [0, 0.1) is 0 Å². The van der Waals surface area contributed by atoms with Crippen LogP contribution in [-0.4, -0.2) is 54.5 Å². The first-order chi connectivity index (χ1) is 13.6. The second-order valence-electron chi connectivity index (χ2n) is 7.26. The minimum Gasteiger partial charge on any atom is -0.496 e. The third-order valence-corrected chi connectivity index (χ3v) is 5.80. The number of nitrogens with one attached hydrogen (secondary N) is 1. The molecule has 6 heteroatoms. The molecule has 0 aliphatic carbocycles. The van der Waals surface area contributed by atoms with Crippen LogP contribution in [0.25, 0.3) is 10.9 Å². The van der Waals surface area contributed by atoms with E-state index in [0.717, 1.165) is 40.9 Å². The van der Waals surface area contributed by atoms with Gasteiger partial charge < -0.3 is 14.6 Å². The number of likely N-dealkylation sites (N-methyl/N-ethyl adjacent to an activating group) is 1. The smallest absolute Gasteiger partial charge is 0.227 e. The monoisotopic (exact) mass is 397 g/mol. The number of aromatic nitrogens is 1. The summed E-state index contributed by atoms with van der Waals surface area (Å²) in [6.07, 6.45) is 2.27. The molecule has 0 bridgehead atoms. The van der Waals surface area contributed by atoms with E-state index in [1.165, 1.54) is 0 Å². The van der Waals surface area contributed by atoms with Crippen molar-refractivity contribution in [2.45, 2.75) is 12.5 Å². The lowest BCUT2D eigenvalue weighted by atomic mass is 10.0. The molecular weight excluding hydrogens is 374 g/mol. The topological polar surface area (TPSA) is 48.6 Å². The highest BCUT2D eigenvalue weighted by Gasteiger charge is 2.30. The predicted octanol–water partition coefficient (Wildman–Crippen LogP) is 3.89. The molecule has 1 amide bonds. The van der Waals surface area contributed by atoms with Crippen LogP contribution in [0.2, 0.25) is 5.02 Å². The van der Waals surface area contributed by atoms with E-state index in [-0.39, 0.29) is 11.9 Å². The number of aromatic amines is 1. The molecule has 0 radical (unpaired) electrons. The first kappa shape index (κ1) is 18.8. The largest absolute Gasteiger partial charge is 0.496 e. The molecule has 1 atom stereocenters. The Morgan fingerprint density at radius 1 is 1.25 bits per heavy atom. The van der Waals surface area contributed by atoms with Gasteiger partial charge in [0.25, 0.3) is 0 Å². The van der Waals surface area contributed by atoms with Crippen molar-refractivity contribution < 1.29 is 9.53 Å². The van der Waals surface area contributed by atoms with Crippen molar-refractivity contribution in [3.8, 4) is 5.75 Å². The van der Waals surface area contributed by atoms with E-state index >= 15 is 0 Å². The van der Waals surface area contributed by atoms with E-state index in [9.17, 15) is 4.79 Å². The van der Waals surface area contributed by atoms with Gasteiger partial charge in [-0.1, -0.05) is 29.8 Å². The predicted molar refractivity (Wildman–Crippen MR) is 112 cm³/mol. The van der Waals surface area contributed by atoms with E-state index in [1.54, 1.807) is 7.11 Å². The van der Waals surface area contributed by atoms with E-state index in [2.05, 4.69) is 23.0 Å². The summed E-state index contributed by atoms with van der Waals surface area (Å²) >= 11 is 6.14. The Balaban J connectivity index is 1.54. The van der Waals surface area contributed by atoms with Crippen LogP contribution < -0.4 is 4.74 Å². The molecule has 5 nitrogen and oxygen atoms in total. The molecule has 3 aromatic rings. The molecule has 0 saturated carbocycles. The van der Waals surface area contributed by atoms with E-state index in [4.69, 9.17) is 16.3 Å². The Bertz CT molecular complexity index is 1000. The molecule has 28 heavy (non-hydrogen) atoms. The van der Waals surface area contributed by atoms with Crippen LogP contribution in [0.4, 0.5) is 0 Å². The average molecular weight is 398 g/mol. The lowest BCUT2D eigenvalue weighted by Gasteiger charge is -2.40. The summed E-state index contributed by atoms with van der Waals surface area (Å²) in [6.45, 7) is 2.21. The Kier molecular flexibility index (Phi) is 5.29. The second-order valence-corrected chi connectivity index (χ2v) is 7.70. The van der Waals surface area contributed by atoms with E-state index < -0.39 is 0 Å². The Labute approximate surface area is 169 Å². The molecule has 1 unspecified atom stereocenters. The number of methoxy groups -OCH3 is 1. The highest BCUT2D eigenvalue weighted by atomic mass is 35.5. The zero-order valence-electron chi connectivity index (χ0n) is 16.1. The van der Waals surface area contributed by atoms with Gasteiger partial charge in [-0.15, -0.1) is 0 Å². The third kappa shape index (κ3) is 3.60. The van der Waals surface area contributed by atoms with Gasteiger partial charge in [-0.25, -0.2) is 0 Å². The van der Waals surface area contributed by atoms with Crippen LogP contribution in [-0.2, 0) is 11.2 Å². The van der Waals surface area contributed by atoms with Crippen molar-refractivity contribution in [2.24, 2.45) is 0 Å². The summed E-state index contributed by atoms with van der Waals surface area (Å²) in [5.41, 5.74) is 3.09. The third-order valence-electron chi connectivity index (χ3n) is 5.57. The van der Waals surface area contributed by atoms with Crippen molar-refractivity contribution in [2.75, 3.05) is 33.8 Å². The van der Waals surface area contributed by atoms with Gasteiger partial charge in [0.15, 0.2) is 0 Å². The molecule has 1 N–H and O–H groups in total. The minimum atomic E-state index is 0.117. The average Bonchev–Trinajstić information content (AvgIpc) is 3.10. The summed E-state index contributed by atoms with van der Waals surface area (Å²) in [5.74, 6) is 0.994. The zero-order chi connectivity index (χ0) is 19.7. The molecule has 1 fully saturated rings. The number of amides is 1. The van der Waals surface area contributed by atoms with Gasteiger partial charge >= 0.3 is 0 Å². The highest BCUT2D eigenvalue weighted by Crippen LogP contribution is 2.31. The fourth-order valence-electron chi connectivity index (χ4n) is 3.95. The van der Waals surface area contributed by atoms with Gasteiger partial charge in [0.1, 0.15) is 5.75 Å². The summed E-state index contributed by atoms with van der Waals surface area (Å²) in [5, 5.41) is 1.69. The quantitative estimate of drug-likeness (QED) is 0.726. The van der Waals surface area contributed by atoms with Gasteiger partial charge in [0, 0.05) is 47.3 Å². The van der Waals surface area contributed by atoms with Gasteiger partial charge in [-0.05, 0) is 36.9 Å². The van der Waals surface area contributed by atoms with E-state index in [0.29, 0.717) is 18.0 Å². The lowest BCUT2D eigenvalue weighted by molar-refractivity contribution is -0.133. The Hall–Kier alpha value is -2.50. The molecule has 2 aromatic carbocycles. The maximum absolute atomic E-state index is 13.1. The van der Waals surface area contributed by atoms with Crippen LogP contribution in [0.1, 0.15) is 17.2 Å². The number of H-pyrrole nitrogens is 1. The molecule has 1 aromatic heterocycles. The Morgan fingerprint density at radius 2 is 2.07 bits per heavy atom. The number of carbonyl (C=O) groups excluding carboxylic acids is 1. The first-order valence-electron chi connectivity index (χ1n) is 9.43. The van der Waals surface area contributed by atoms with Crippen molar-refractivity contribution in [3.05, 3.63) is 64.8 Å². The minimum absolute atomic E-state index is 0.117. The number of halogens is 1.